The second-order valence-corrected chi connectivity index (χ2v) is 7.45. The molecule has 1 N–H and O–H groups in total. The summed E-state index contributed by atoms with van der Waals surface area (Å²) in [7, 11) is 0. The van der Waals surface area contributed by atoms with Crippen molar-refractivity contribution in [1.29, 1.82) is 0 Å². The van der Waals surface area contributed by atoms with Crippen molar-refractivity contribution >= 4 is 50.7 Å². The van der Waals surface area contributed by atoms with Crippen LogP contribution in [0, 0.1) is 5.92 Å². The quantitative estimate of drug-likeness (QED) is 0.572. The molecule has 0 aromatic heterocycles. The Labute approximate surface area is 160 Å². The number of benzene rings is 2. The Morgan fingerprint density at radius 1 is 1.21 bits per heavy atom. The van der Waals surface area contributed by atoms with E-state index in [1.165, 1.54) is 0 Å². The number of carbonyl (C=O) groups is 1. The number of hydrogen-bond acceptors (Lipinski definition) is 2. The first-order valence-electron chi connectivity index (χ1n) is 7.55. The van der Waals surface area contributed by atoms with Crippen LogP contribution in [0.25, 0.3) is 0 Å². The van der Waals surface area contributed by atoms with E-state index in [0.29, 0.717) is 33.8 Å². The van der Waals surface area contributed by atoms with E-state index in [1.54, 1.807) is 36.4 Å². The molecule has 0 saturated heterocycles. The minimum Gasteiger partial charge on any atom is -0.492 e. The third-order valence-corrected chi connectivity index (χ3v) is 4.49. The molecule has 6 heteroatoms. The number of anilines is 1. The van der Waals surface area contributed by atoms with E-state index in [1.807, 2.05) is 0 Å². The lowest BCUT2D eigenvalue weighted by Crippen LogP contribution is -2.12. The van der Waals surface area contributed by atoms with Crippen LogP contribution in [0.1, 0.15) is 30.6 Å². The summed E-state index contributed by atoms with van der Waals surface area (Å²) in [5.74, 6) is 1.04. The van der Waals surface area contributed by atoms with Gasteiger partial charge in [0.05, 0.1) is 21.8 Å². The Morgan fingerprint density at radius 3 is 2.58 bits per heavy atom. The number of amides is 1. The molecule has 2 aromatic rings. The molecule has 0 radical (unpaired) electrons. The molecular formula is C18H18BrCl2NO2. The third-order valence-electron chi connectivity index (χ3n) is 3.33. The predicted octanol–water partition coefficient (Wildman–Crippen LogP) is 6.43. The largest absolute Gasteiger partial charge is 0.492 e. The number of carbonyl (C=O) groups excluding carboxylic acids is 1. The summed E-state index contributed by atoms with van der Waals surface area (Å²) in [6.45, 7) is 4.93. The third kappa shape index (κ3) is 5.40. The van der Waals surface area contributed by atoms with Gasteiger partial charge in [-0.3, -0.25) is 4.79 Å². The highest BCUT2D eigenvalue weighted by Gasteiger charge is 2.11. The molecule has 0 aliphatic heterocycles. The Hall–Kier alpha value is -1.23. The van der Waals surface area contributed by atoms with Crippen LogP contribution < -0.4 is 10.1 Å². The van der Waals surface area contributed by atoms with E-state index in [4.69, 9.17) is 27.9 Å². The molecule has 0 unspecified atom stereocenters. The van der Waals surface area contributed by atoms with Crippen LogP contribution in [-0.4, -0.2) is 12.5 Å². The van der Waals surface area contributed by atoms with Gasteiger partial charge in [0.2, 0.25) is 0 Å². The molecule has 2 rings (SSSR count). The molecule has 128 valence electrons. The monoisotopic (exact) mass is 429 g/mol. The Balaban J connectivity index is 2.06. The maximum Gasteiger partial charge on any atom is 0.255 e. The number of nitrogens with one attached hydrogen (secondary N) is 1. The van der Waals surface area contributed by atoms with Crippen molar-refractivity contribution in [3.63, 3.8) is 0 Å². The highest BCUT2D eigenvalue weighted by Crippen LogP contribution is 2.28. The summed E-state index contributed by atoms with van der Waals surface area (Å²) in [6.07, 6.45) is 0.976. The number of ether oxygens (including phenoxy) is 1. The van der Waals surface area contributed by atoms with Crippen molar-refractivity contribution in [1.82, 2.24) is 0 Å². The summed E-state index contributed by atoms with van der Waals surface area (Å²) >= 11 is 15.4. The molecule has 0 saturated carbocycles. The highest BCUT2D eigenvalue weighted by atomic mass is 79.9. The molecule has 0 atom stereocenters. The van der Waals surface area contributed by atoms with E-state index in [0.717, 1.165) is 16.6 Å². The highest BCUT2D eigenvalue weighted by molar-refractivity contribution is 9.10. The minimum atomic E-state index is -0.256. The number of halogens is 3. The topological polar surface area (TPSA) is 38.3 Å². The van der Waals surface area contributed by atoms with Gasteiger partial charge in [-0.2, -0.15) is 0 Å². The van der Waals surface area contributed by atoms with E-state index < -0.39 is 0 Å². The van der Waals surface area contributed by atoms with Crippen molar-refractivity contribution in [2.24, 2.45) is 5.92 Å². The SMILES string of the molecule is CC(C)CCOc1ccc(C(=O)Nc2ccc(Cl)cc2Cl)cc1Br. The van der Waals surface area contributed by atoms with Gasteiger partial charge in [0.25, 0.3) is 5.91 Å². The van der Waals surface area contributed by atoms with Gasteiger partial charge in [-0.1, -0.05) is 37.0 Å². The zero-order valence-corrected chi connectivity index (χ0v) is 16.5. The van der Waals surface area contributed by atoms with Crippen molar-refractivity contribution in [2.45, 2.75) is 20.3 Å². The van der Waals surface area contributed by atoms with Crippen LogP contribution in [-0.2, 0) is 0 Å². The molecule has 1 amide bonds. The van der Waals surface area contributed by atoms with E-state index in [9.17, 15) is 4.79 Å². The van der Waals surface area contributed by atoms with E-state index >= 15 is 0 Å². The standard InChI is InChI=1S/C18H18BrCl2NO2/c1-11(2)7-8-24-17-6-3-12(9-14(17)19)18(23)22-16-5-4-13(20)10-15(16)21/h3-6,9-11H,7-8H2,1-2H3,(H,22,23). The van der Waals surface area contributed by atoms with Crippen LogP contribution in [0.4, 0.5) is 5.69 Å². The van der Waals surface area contributed by atoms with E-state index in [-0.39, 0.29) is 5.91 Å². The molecule has 24 heavy (non-hydrogen) atoms. The molecule has 3 nitrogen and oxygen atoms in total. The fraction of sp³-hybridized carbons (Fsp3) is 0.278. The zero-order chi connectivity index (χ0) is 17.7. The van der Waals surface area contributed by atoms with Gasteiger partial charge in [0.1, 0.15) is 5.75 Å². The molecule has 0 fully saturated rings. The van der Waals surface area contributed by atoms with Crippen LogP contribution in [0.2, 0.25) is 10.0 Å². The summed E-state index contributed by atoms with van der Waals surface area (Å²) in [4.78, 5) is 12.4. The molecule has 0 bridgehead atoms. The van der Waals surface area contributed by atoms with Crippen LogP contribution in [0.3, 0.4) is 0 Å². The zero-order valence-electron chi connectivity index (χ0n) is 13.4. The normalized spacial score (nSPS) is 10.8. The van der Waals surface area contributed by atoms with Gasteiger partial charge in [-0.05, 0) is 64.7 Å². The lowest BCUT2D eigenvalue weighted by molar-refractivity contribution is 0.102. The van der Waals surface area contributed by atoms with Gasteiger partial charge in [-0.25, -0.2) is 0 Å². The Bertz CT molecular complexity index is 735. The van der Waals surface area contributed by atoms with Crippen LogP contribution in [0.15, 0.2) is 40.9 Å². The van der Waals surface area contributed by atoms with Crippen molar-refractivity contribution in [2.75, 3.05) is 11.9 Å². The first-order valence-corrected chi connectivity index (χ1v) is 9.10. The molecular weight excluding hydrogens is 413 g/mol. The second-order valence-electron chi connectivity index (χ2n) is 5.75. The summed E-state index contributed by atoms with van der Waals surface area (Å²) in [5, 5.41) is 3.68. The molecule has 0 heterocycles. The van der Waals surface area contributed by atoms with Gasteiger partial charge in [0.15, 0.2) is 0 Å². The molecule has 0 aliphatic carbocycles. The molecule has 0 aliphatic rings. The fourth-order valence-electron chi connectivity index (χ4n) is 1.95. The van der Waals surface area contributed by atoms with Crippen molar-refractivity contribution < 1.29 is 9.53 Å². The van der Waals surface area contributed by atoms with Crippen LogP contribution >= 0.6 is 39.1 Å². The van der Waals surface area contributed by atoms with E-state index in [2.05, 4.69) is 35.1 Å². The second kappa shape index (κ2) is 8.75. The fourth-order valence-corrected chi connectivity index (χ4v) is 2.90. The average molecular weight is 431 g/mol. The number of hydrogen-bond donors (Lipinski definition) is 1. The summed E-state index contributed by atoms with van der Waals surface area (Å²) < 4.78 is 6.46. The minimum absolute atomic E-state index is 0.256. The Kier molecular flexibility index (Phi) is 6.96. The van der Waals surface area contributed by atoms with Gasteiger partial charge >= 0.3 is 0 Å². The van der Waals surface area contributed by atoms with Gasteiger partial charge < -0.3 is 10.1 Å². The first-order chi connectivity index (χ1) is 11.4. The van der Waals surface area contributed by atoms with Crippen molar-refractivity contribution in [3.05, 3.63) is 56.5 Å². The van der Waals surface area contributed by atoms with Crippen LogP contribution in [0.5, 0.6) is 5.75 Å². The smallest absolute Gasteiger partial charge is 0.255 e. The summed E-state index contributed by atoms with van der Waals surface area (Å²) in [6, 6.07) is 10.1. The maximum atomic E-state index is 12.4. The van der Waals surface area contributed by atoms with Crippen molar-refractivity contribution in [3.8, 4) is 5.75 Å². The van der Waals surface area contributed by atoms with Gasteiger partial charge in [-0.15, -0.1) is 0 Å². The Morgan fingerprint density at radius 2 is 1.96 bits per heavy atom. The van der Waals surface area contributed by atoms with Gasteiger partial charge in [0, 0.05) is 10.6 Å². The molecule has 2 aromatic carbocycles. The molecule has 0 spiro atoms. The first kappa shape index (κ1) is 19.1. The predicted molar refractivity (Wildman–Crippen MR) is 104 cm³/mol. The number of rotatable bonds is 6. The maximum absolute atomic E-state index is 12.4. The summed E-state index contributed by atoms with van der Waals surface area (Å²) in [5.41, 5.74) is 1.02. The average Bonchev–Trinajstić information content (AvgIpc) is 2.51. The lowest BCUT2D eigenvalue weighted by atomic mass is 10.1. The lowest BCUT2D eigenvalue weighted by Gasteiger charge is -2.12.